The molecule has 1 aliphatic rings. The zero-order valence-electron chi connectivity index (χ0n) is 11.8. The molecule has 0 spiro atoms. The number of ether oxygens (including phenoxy) is 1. The van der Waals surface area contributed by atoms with E-state index in [9.17, 15) is 18.0 Å². The number of morpholine rings is 1. The van der Waals surface area contributed by atoms with E-state index < -0.39 is 17.8 Å². The van der Waals surface area contributed by atoms with E-state index in [0.29, 0.717) is 13.2 Å². The first kappa shape index (κ1) is 15.6. The molecule has 0 radical (unpaired) electrons. The molecule has 2 amide bonds. The molecule has 0 bridgehead atoms. The fourth-order valence-electron chi connectivity index (χ4n) is 2.21. The minimum Gasteiger partial charge on any atom is -0.375 e. The molecule has 2 rings (SSSR count). The maximum Gasteiger partial charge on any atom is 0.418 e. The van der Waals surface area contributed by atoms with Crippen LogP contribution in [0.4, 0.5) is 23.7 Å². The number of amides is 2. The Kier molecular flexibility index (Phi) is 4.41. The number of benzene rings is 1. The average Bonchev–Trinajstić information content (AvgIpc) is 2.41. The highest BCUT2D eigenvalue weighted by atomic mass is 19.4. The first-order chi connectivity index (χ1) is 9.79. The number of nitrogens with zero attached hydrogens (tertiary/aromatic N) is 1. The van der Waals surface area contributed by atoms with Gasteiger partial charge in [-0.2, -0.15) is 13.2 Å². The number of hydrogen-bond acceptors (Lipinski definition) is 2. The van der Waals surface area contributed by atoms with Crippen molar-refractivity contribution < 1.29 is 22.7 Å². The largest absolute Gasteiger partial charge is 0.418 e. The van der Waals surface area contributed by atoms with Gasteiger partial charge in [-0.3, -0.25) is 0 Å². The summed E-state index contributed by atoms with van der Waals surface area (Å²) in [4.78, 5) is 13.7. The van der Waals surface area contributed by atoms with Gasteiger partial charge >= 0.3 is 12.2 Å². The van der Waals surface area contributed by atoms with Crippen molar-refractivity contribution in [2.75, 3.05) is 18.5 Å². The first-order valence-corrected chi connectivity index (χ1v) is 6.64. The summed E-state index contributed by atoms with van der Waals surface area (Å²) in [6, 6.07) is 4.21. The summed E-state index contributed by atoms with van der Waals surface area (Å²) in [5.74, 6) is 0. The Morgan fingerprint density at radius 1 is 1.33 bits per heavy atom. The molecule has 7 heteroatoms. The van der Waals surface area contributed by atoms with Crippen LogP contribution in [-0.4, -0.2) is 36.2 Å². The lowest BCUT2D eigenvalue weighted by molar-refractivity contribution is -0.136. The third kappa shape index (κ3) is 3.66. The number of urea groups is 1. The van der Waals surface area contributed by atoms with Gasteiger partial charge in [-0.25, -0.2) is 4.79 Å². The van der Waals surface area contributed by atoms with E-state index in [-0.39, 0.29) is 17.8 Å². The quantitative estimate of drug-likeness (QED) is 0.864. The molecular formula is C14H17F3N2O2. The van der Waals surface area contributed by atoms with Gasteiger partial charge in [-0.1, -0.05) is 12.1 Å². The van der Waals surface area contributed by atoms with E-state index >= 15 is 0 Å². The lowest BCUT2D eigenvalue weighted by atomic mass is 10.1. The van der Waals surface area contributed by atoms with Crippen molar-refractivity contribution in [3.8, 4) is 0 Å². The fourth-order valence-corrected chi connectivity index (χ4v) is 2.21. The number of anilines is 1. The van der Waals surface area contributed by atoms with E-state index in [2.05, 4.69) is 5.32 Å². The molecule has 1 aliphatic heterocycles. The molecular weight excluding hydrogens is 285 g/mol. The highest BCUT2D eigenvalue weighted by Crippen LogP contribution is 2.34. The molecule has 1 aromatic rings. The molecule has 2 atom stereocenters. The van der Waals surface area contributed by atoms with Crippen LogP contribution >= 0.6 is 0 Å². The third-order valence-corrected chi connectivity index (χ3v) is 3.34. The summed E-state index contributed by atoms with van der Waals surface area (Å²) in [7, 11) is 0. The summed E-state index contributed by atoms with van der Waals surface area (Å²) in [5, 5.41) is 2.35. The lowest BCUT2D eigenvalue weighted by Gasteiger charge is -2.36. The monoisotopic (exact) mass is 302 g/mol. The minimum atomic E-state index is -4.51. The molecule has 1 saturated heterocycles. The van der Waals surface area contributed by atoms with Gasteiger partial charge in [0.15, 0.2) is 0 Å². The number of halogens is 3. The van der Waals surface area contributed by atoms with Crippen molar-refractivity contribution in [2.24, 2.45) is 0 Å². The first-order valence-electron chi connectivity index (χ1n) is 6.64. The molecule has 0 saturated carbocycles. The maximum atomic E-state index is 12.9. The van der Waals surface area contributed by atoms with Crippen LogP contribution in [0.15, 0.2) is 24.3 Å². The van der Waals surface area contributed by atoms with Crippen LogP contribution in [0, 0.1) is 0 Å². The summed E-state index contributed by atoms with van der Waals surface area (Å²) >= 11 is 0. The number of alkyl halides is 3. The van der Waals surface area contributed by atoms with Gasteiger partial charge in [-0.05, 0) is 26.0 Å². The molecule has 1 fully saturated rings. The topological polar surface area (TPSA) is 41.6 Å². The van der Waals surface area contributed by atoms with Crippen molar-refractivity contribution >= 4 is 11.7 Å². The van der Waals surface area contributed by atoms with Crippen molar-refractivity contribution in [3.63, 3.8) is 0 Å². The molecule has 1 heterocycles. The van der Waals surface area contributed by atoms with Gasteiger partial charge in [0.25, 0.3) is 0 Å². The van der Waals surface area contributed by atoms with Gasteiger partial charge in [-0.15, -0.1) is 0 Å². The maximum absolute atomic E-state index is 12.9. The number of hydrogen-bond donors (Lipinski definition) is 1. The number of carbonyl (C=O) groups excluding carboxylic acids is 1. The van der Waals surface area contributed by atoms with Gasteiger partial charge in [0.1, 0.15) is 0 Å². The molecule has 0 unspecified atom stereocenters. The van der Waals surface area contributed by atoms with Crippen molar-refractivity contribution in [1.29, 1.82) is 0 Å². The van der Waals surface area contributed by atoms with Crippen molar-refractivity contribution in [1.82, 2.24) is 4.90 Å². The Morgan fingerprint density at radius 2 is 2.00 bits per heavy atom. The molecule has 0 aromatic heterocycles. The third-order valence-electron chi connectivity index (χ3n) is 3.34. The van der Waals surface area contributed by atoms with E-state index in [1.54, 1.807) is 6.92 Å². The van der Waals surface area contributed by atoms with E-state index in [1.807, 2.05) is 6.92 Å². The van der Waals surface area contributed by atoms with Gasteiger partial charge < -0.3 is 15.0 Å². The fraction of sp³-hybridized carbons (Fsp3) is 0.500. The predicted molar refractivity (Wildman–Crippen MR) is 72.0 cm³/mol. The number of rotatable bonds is 1. The smallest absolute Gasteiger partial charge is 0.375 e. The number of carbonyl (C=O) groups is 1. The minimum absolute atomic E-state index is 0.134. The van der Waals surface area contributed by atoms with Crippen LogP contribution < -0.4 is 5.32 Å². The Hall–Kier alpha value is -1.76. The van der Waals surface area contributed by atoms with Gasteiger partial charge in [0.2, 0.25) is 0 Å². The summed E-state index contributed by atoms with van der Waals surface area (Å²) in [6.45, 7) is 4.33. The van der Waals surface area contributed by atoms with Gasteiger partial charge in [0, 0.05) is 6.54 Å². The van der Waals surface area contributed by atoms with E-state index in [1.165, 1.54) is 23.1 Å². The van der Waals surface area contributed by atoms with Crippen LogP contribution in [0.25, 0.3) is 0 Å². The zero-order chi connectivity index (χ0) is 15.6. The van der Waals surface area contributed by atoms with Crippen LogP contribution in [0.5, 0.6) is 0 Å². The normalized spacial score (nSPS) is 23.0. The second-order valence-electron chi connectivity index (χ2n) is 5.12. The number of nitrogens with one attached hydrogen (secondary N) is 1. The van der Waals surface area contributed by atoms with E-state index in [0.717, 1.165) is 6.07 Å². The van der Waals surface area contributed by atoms with Gasteiger partial charge in [0.05, 0.1) is 30.0 Å². The molecule has 21 heavy (non-hydrogen) atoms. The van der Waals surface area contributed by atoms with Crippen molar-refractivity contribution in [3.05, 3.63) is 29.8 Å². The summed E-state index contributed by atoms with van der Waals surface area (Å²) < 4.78 is 44.1. The molecule has 1 aromatic carbocycles. The van der Waals surface area contributed by atoms with Crippen LogP contribution in [-0.2, 0) is 10.9 Å². The van der Waals surface area contributed by atoms with Crippen molar-refractivity contribution in [2.45, 2.75) is 32.2 Å². The zero-order valence-corrected chi connectivity index (χ0v) is 11.8. The Balaban J connectivity index is 2.16. The molecule has 4 nitrogen and oxygen atoms in total. The van der Waals surface area contributed by atoms with Crippen LogP contribution in [0.1, 0.15) is 19.4 Å². The average molecular weight is 302 g/mol. The van der Waals surface area contributed by atoms with Crippen LogP contribution in [0.3, 0.4) is 0 Å². The standard InChI is InChI=1S/C14H17F3N2O2/c1-9-8-21-10(2)7-19(9)13(20)18-12-6-4-3-5-11(12)14(15,16)17/h3-6,9-10H,7-8H2,1-2H3,(H,18,20)/t9-,10-/m1/s1. The van der Waals surface area contributed by atoms with Crippen LogP contribution in [0.2, 0.25) is 0 Å². The second kappa shape index (κ2) is 5.93. The highest BCUT2D eigenvalue weighted by molar-refractivity contribution is 5.90. The predicted octanol–water partition coefficient (Wildman–Crippen LogP) is 3.35. The highest BCUT2D eigenvalue weighted by Gasteiger charge is 2.34. The Morgan fingerprint density at radius 3 is 2.67 bits per heavy atom. The Labute approximate surface area is 120 Å². The summed E-state index contributed by atoms with van der Waals surface area (Å²) in [6.07, 6.45) is -4.64. The molecule has 0 aliphatic carbocycles. The lowest BCUT2D eigenvalue weighted by Crippen LogP contribution is -2.51. The summed E-state index contributed by atoms with van der Waals surface area (Å²) in [5.41, 5.74) is -1.09. The SMILES string of the molecule is C[C@@H]1CN(C(=O)Nc2ccccc2C(F)(F)F)[C@H](C)CO1. The van der Waals surface area contributed by atoms with E-state index in [4.69, 9.17) is 4.74 Å². The molecule has 116 valence electrons. The second-order valence-corrected chi connectivity index (χ2v) is 5.12. The Bertz CT molecular complexity index is 519. The number of para-hydroxylation sites is 1. The molecule has 1 N–H and O–H groups in total.